The van der Waals surface area contributed by atoms with Crippen molar-refractivity contribution in [2.24, 2.45) is 7.05 Å². The number of likely N-dealkylation sites (tertiary alicyclic amines) is 1. The minimum Gasteiger partial charge on any atom is -0.383 e. The van der Waals surface area contributed by atoms with Crippen LogP contribution in [-0.4, -0.2) is 45.4 Å². The predicted molar refractivity (Wildman–Crippen MR) is 126 cm³/mol. The first-order valence-corrected chi connectivity index (χ1v) is 10.9. The second kappa shape index (κ2) is 9.35. The Bertz CT molecular complexity index is 1090. The molecule has 31 heavy (non-hydrogen) atoms. The molecule has 1 aromatic carbocycles. The van der Waals surface area contributed by atoms with Crippen molar-refractivity contribution in [3.8, 4) is 0 Å². The summed E-state index contributed by atoms with van der Waals surface area (Å²) in [4.78, 5) is 21.2. The molecule has 0 spiro atoms. The van der Waals surface area contributed by atoms with Gasteiger partial charge >= 0.3 is 0 Å². The Morgan fingerprint density at radius 1 is 1.19 bits per heavy atom. The zero-order valence-corrected chi connectivity index (χ0v) is 18.4. The highest BCUT2D eigenvalue weighted by Crippen LogP contribution is 2.20. The fourth-order valence-corrected chi connectivity index (χ4v) is 4.23. The molecule has 0 radical (unpaired) electrons. The number of para-hydroxylation sites is 1. The zero-order chi connectivity index (χ0) is 21.8. The van der Waals surface area contributed by atoms with Gasteiger partial charge in [0, 0.05) is 49.7 Å². The van der Waals surface area contributed by atoms with Crippen molar-refractivity contribution in [3.05, 3.63) is 65.5 Å². The maximum absolute atomic E-state index is 12.7. The van der Waals surface area contributed by atoms with Gasteiger partial charge in [0.1, 0.15) is 5.82 Å². The number of benzene rings is 1. The minimum atomic E-state index is -0.0420. The van der Waals surface area contributed by atoms with Crippen molar-refractivity contribution >= 4 is 28.7 Å². The molecule has 4 rings (SSSR count). The molecule has 1 amide bonds. The fourth-order valence-electron chi connectivity index (χ4n) is 4.23. The third-order valence-corrected chi connectivity index (χ3v) is 6.11. The third-order valence-electron chi connectivity index (χ3n) is 6.11. The van der Waals surface area contributed by atoms with Crippen LogP contribution in [0.4, 0.5) is 5.82 Å². The van der Waals surface area contributed by atoms with E-state index in [0.717, 1.165) is 36.5 Å². The van der Waals surface area contributed by atoms with E-state index in [-0.39, 0.29) is 5.91 Å². The van der Waals surface area contributed by atoms with Gasteiger partial charge in [-0.1, -0.05) is 24.6 Å². The van der Waals surface area contributed by atoms with Crippen LogP contribution < -0.4 is 5.73 Å². The number of nitrogen functional groups attached to an aromatic ring is 1. The van der Waals surface area contributed by atoms with Crippen LogP contribution in [0.25, 0.3) is 17.0 Å². The van der Waals surface area contributed by atoms with Gasteiger partial charge in [-0.25, -0.2) is 4.98 Å². The molecule has 1 aliphatic rings. The van der Waals surface area contributed by atoms with E-state index in [2.05, 4.69) is 32.7 Å². The van der Waals surface area contributed by atoms with Gasteiger partial charge in [-0.3, -0.25) is 9.69 Å². The number of nitrogens with zero attached hydrogens (tertiary/aromatic N) is 4. The Morgan fingerprint density at radius 3 is 2.74 bits per heavy atom. The van der Waals surface area contributed by atoms with Gasteiger partial charge in [0.15, 0.2) is 0 Å². The van der Waals surface area contributed by atoms with Crippen LogP contribution in [0.5, 0.6) is 0 Å². The molecular weight excluding hydrogens is 386 g/mol. The molecule has 0 saturated carbocycles. The Labute approximate surface area is 184 Å². The summed E-state index contributed by atoms with van der Waals surface area (Å²) < 4.78 is 2.14. The topological polar surface area (TPSA) is 67.4 Å². The quantitative estimate of drug-likeness (QED) is 0.619. The SMILES string of the molecule is CN(Cc1cc2ccccc2n1C)C(=O)C=Cc1cnc(N)c(CN2CCCCC2)c1. The largest absolute Gasteiger partial charge is 0.383 e. The standard InChI is InChI=1S/C25H31N5O/c1-28(18-22-15-20-8-4-5-9-23(20)29(22)2)24(31)11-10-19-14-21(25(26)27-16-19)17-30-12-6-3-7-13-30/h4-5,8-11,14-16H,3,6-7,12-13,17-18H2,1-2H3,(H2,26,27). The zero-order valence-electron chi connectivity index (χ0n) is 18.4. The molecule has 2 N–H and O–H groups in total. The second-order valence-corrected chi connectivity index (χ2v) is 8.43. The molecule has 2 aromatic heterocycles. The average Bonchev–Trinajstić information content (AvgIpc) is 3.10. The summed E-state index contributed by atoms with van der Waals surface area (Å²) in [5.74, 6) is 0.529. The van der Waals surface area contributed by atoms with Gasteiger partial charge < -0.3 is 15.2 Å². The van der Waals surface area contributed by atoms with Crippen molar-refractivity contribution < 1.29 is 4.79 Å². The maximum Gasteiger partial charge on any atom is 0.246 e. The average molecular weight is 418 g/mol. The van der Waals surface area contributed by atoms with Crippen molar-refractivity contribution in [1.29, 1.82) is 0 Å². The monoisotopic (exact) mass is 417 g/mol. The van der Waals surface area contributed by atoms with Crippen LogP contribution in [0.3, 0.4) is 0 Å². The van der Waals surface area contributed by atoms with E-state index in [1.54, 1.807) is 17.2 Å². The number of carbonyl (C=O) groups is 1. The number of aryl methyl sites for hydroxylation is 1. The highest BCUT2D eigenvalue weighted by atomic mass is 16.2. The van der Waals surface area contributed by atoms with Crippen LogP contribution in [-0.2, 0) is 24.9 Å². The van der Waals surface area contributed by atoms with E-state index < -0.39 is 0 Å². The number of nitrogens with two attached hydrogens (primary N) is 1. The molecule has 0 aliphatic carbocycles. The number of anilines is 1. The molecular formula is C25H31N5O. The lowest BCUT2D eigenvalue weighted by atomic mass is 10.1. The number of hydrogen-bond donors (Lipinski definition) is 1. The van der Waals surface area contributed by atoms with Crippen LogP contribution in [0, 0.1) is 0 Å². The number of carbonyl (C=O) groups excluding carboxylic acids is 1. The smallest absolute Gasteiger partial charge is 0.246 e. The van der Waals surface area contributed by atoms with Crippen LogP contribution >= 0.6 is 0 Å². The van der Waals surface area contributed by atoms with Crippen molar-refractivity contribution in [2.75, 3.05) is 25.9 Å². The minimum absolute atomic E-state index is 0.0420. The molecule has 0 atom stereocenters. The maximum atomic E-state index is 12.7. The molecule has 3 heterocycles. The lowest BCUT2D eigenvalue weighted by Crippen LogP contribution is -2.29. The first-order chi connectivity index (χ1) is 15.0. The first-order valence-electron chi connectivity index (χ1n) is 10.9. The van der Waals surface area contributed by atoms with Gasteiger partial charge in [0.2, 0.25) is 5.91 Å². The van der Waals surface area contributed by atoms with Gasteiger partial charge in [-0.2, -0.15) is 0 Å². The number of pyridine rings is 1. The Balaban J connectivity index is 1.41. The van der Waals surface area contributed by atoms with Gasteiger partial charge in [-0.05, 0) is 61.2 Å². The van der Waals surface area contributed by atoms with E-state index in [1.807, 2.05) is 38.4 Å². The molecule has 1 aliphatic heterocycles. The molecule has 6 nitrogen and oxygen atoms in total. The lowest BCUT2D eigenvalue weighted by molar-refractivity contribution is -0.125. The predicted octanol–water partition coefficient (Wildman–Crippen LogP) is 3.81. The fraction of sp³-hybridized carbons (Fsp3) is 0.360. The number of aromatic nitrogens is 2. The van der Waals surface area contributed by atoms with Crippen LogP contribution in [0.1, 0.15) is 36.1 Å². The summed E-state index contributed by atoms with van der Waals surface area (Å²) in [7, 11) is 3.86. The van der Waals surface area contributed by atoms with Crippen LogP contribution in [0.15, 0.2) is 48.7 Å². The molecule has 0 bridgehead atoms. The molecule has 3 aromatic rings. The van der Waals surface area contributed by atoms with Crippen molar-refractivity contribution in [2.45, 2.75) is 32.4 Å². The highest BCUT2D eigenvalue weighted by Gasteiger charge is 2.13. The number of fused-ring (bicyclic) bond motifs is 1. The van der Waals surface area contributed by atoms with Crippen molar-refractivity contribution in [3.63, 3.8) is 0 Å². The van der Waals surface area contributed by atoms with E-state index in [1.165, 1.54) is 30.2 Å². The first kappa shape index (κ1) is 21.1. The van der Waals surface area contributed by atoms with Crippen molar-refractivity contribution in [1.82, 2.24) is 19.4 Å². The highest BCUT2D eigenvalue weighted by molar-refractivity contribution is 5.91. The Morgan fingerprint density at radius 2 is 1.97 bits per heavy atom. The second-order valence-electron chi connectivity index (χ2n) is 8.43. The molecule has 0 unspecified atom stereocenters. The van der Waals surface area contributed by atoms with Gasteiger partial charge in [0.05, 0.1) is 6.54 Å². The molecule has 6 heteroatoms. The summed E-state index contributed by atoms with van der Waals surface area (Å²) in [5, 5.41) is 1.19. The lowest BCUT2D eigenvalue weighted by Gasteiger charge is -2.26. The van der Waals surface area contributed by atoms with E-state index in [0.29, 0.717) is 12.4 Å². The normalized spacial score (nSPS) is 15.0. The van der Waals surface area contributed by atoms with Gasteiger partial charge in [0.25, 0.3) is 0 Å². The Hall–Kier alpha value is -3.12. The van der Waals surface area contributed by atoms with Gasteiger partial charge in [-0.15, -0.1) is 0 Å². The summed E-state index contributed by atoms with van der Waals surface area (Å²) in [5.41, 5.74) is 10.3. The molecule has 162 valence electrons. The molecule has 1 fully saturated rings. The summed E-state index contributed by atoms with van der Waals surface area (Å²) in [6, 6.07) is 12.4. The van der Waals surface area contributed by atoms with E-state index in [9.17, 15) is 4.79 Å². The summed E-state index contributed by atoms with van der Waals surface area (Å²) in [6.07, 6.45) is 8.95. The number of hydrogen-bond acceptors (Lipinski definition) is 4. The molecule has 1 saturated heterocycles. The van der Waals surface area contributed by atoms with Crippen LogP contribution in [0.2, 0.25) is 0 Å². The number of rotatable bonds is 6. The van der Waals surface area contributed by atoms with E-state index >= 15 is 0 Å². The van der Waals surface area contributed by atoms with E-state index in [4.69, 9.17) is 5.73 Å². The summed E-state index contributed by atoms with van der Waals surface area (Å²) in [6.45, 7) is 3.58. The number of amides is 1. The Kier molecular flexibility index (Phi) is 6.37. The third kappa shape index (κ3) is 4.97. The number of likely N-dealkylation sites (N-methyl/N-ethyl adjacent to an activating group) is 1. The summed E-state index contributed by atoms with van der Waals surface area (Å²) >= 11 is 0. The number of piperidine rings is 1.